The van der Waals surface area contributed by atoms with Crippen molar-refractivity contribution in [2.75, 3.05) is 13.7 Å². The molecule has 0 radical (unpaired) electrons. The van der Waals surface area contributed by atoms with Crippen molar-refractivity contribution in [3.05, 3.63) is 35.1 Å². The summed E-state index contributed by atoms with van der Waals surface area (Å²) in [6.07, 6.45) is 3.78. The molecule has 1 fully saturated rings. The van der Waals surface area contributed by atoms with Crippen LogP contribution in [0.4, 0.5) is 4.39 Å². The van der Waals surface area contributed by atoms with E-state index >= 15 is 0 Å². The lowest BCUT2D eigenvalue weighted by molar-refractivity contribution is 0.0961. The zero-order valence-corrected chi connectivity index (χ0v) is 12.3. The zero-order chi connectivity index (χ0) is 14.4. The molecule has 1 aromatic carbocycles. The third-order valence-electron chi connectivity index (χ3n) is 3.71. The van der Waals surface area contributed by atoms with Crippen LogP contribution in [0.15, 0.2) is 18.2 Å². The van der Waals surface area contributed by atoms with Gasteiger partial charge < -0.3 is 14.8 Å². The van der Waals surface area contributed by atoms with Crippen LogP contribution < -0.4 is 5.32 Å². The topological polar surface area (TPSA) is 30.5 Å². The Balaban J connectivity index is 1.81. The minimum absolute atomic E-state index is 0.206. The lowest BCUT2D eigenvalue weighted by Gasteiger charge is -2.18. The Labute approximate surface area is 120 Å². The van der Waals surface area contributed by atoms with Gasteiger partial charge in [-0.2, -0.15) is 0 Å². The molecule has 4 heteroatoms. The quantitative estimate of drug-likeness (QED) is 0.833. The molecular formula is C16H24FNO2. The number of methoxy groups -OCH3 is 1. The fraction of sp³-hybridized carbons (Fsp3) is 0.625. The summed E-state index contributed by atoms with van der Waals surface area (Å²) >= 11 is 0. The molecule has 1 heterocycles. The Hall–Kier alpha value is -0.970. The fourth-order valence-electron chi connectivity index (χ4n) is 2.60. The first-order chi connectivity index (χ1) is 9.69. The molecular weight excluding hydrogens is 257 g/mol. The summed E-state index contributed by atoms with van der Waals surface area (Å²) in [4.78, 5) is 0. The third kappa shape index (κ3) is 4.54. The van der Waals surface area contributed by atoms with Gasteiger partial charge in [-0.1, -0.05) is 6.07 Å². The maximum absolute atomic E-state index is 13.5. The van der Waals surface area contributed by atoms with Crippen molar-refractivity contribution in [1.82, 2.24) is 5.32 Å². The van der Waals surface area contributed by atoms with Gasteiger partial charge in [-0.3, -0.25) is 0 Å². The van der Waals surface area contributed by atoms with Crippen LogP contribution in [-0.4, -0.2) is 25.9 Å². The number of hydrogen-bond donors (Lipinski definition) is 1. The number of ether oxygens (including phenoxy) is 2. The van der Waals surface area contributed by atoms with E-state index in [0.29, 0.717) is 24.3 Å². The molecule has 20 heavy (non-hydrogen) atoms. The molecule has 0 unspecified atom stereocenters. The Kier molecular flexibility index (Phi) is 5.95. The van der Waals surface area contributed by atoms with E-state index in [1.807, 2.05) is 12.1 Å². The third-order valence-corrected chi connectivity index (χ3v) is 3.71. The summed E-state index contributed by atoms with van der Waals surface area (Å²) < 4.78 is 24.1. The standard InChI is InChI=1S/C16H24FNO2/c1-12(8-15-4-3-7-20-15)18-10-13-5-6-16(17)14(9-13)11-19-2/h5-6,9,12,15,18H,3-4,7-8,10-11H2,1-2H3/t12-,15-/m1/s1. The SMILES string of the molecule is COCc1cc(CN[C@H](C)C[C@H]2CCCO2)ccc1F. The molecule has 2 rings (SSSR count). The van der Waals surface area contributed by atoms with Crippen molar-refractivity contribution in [3.8, 4) is 0 Å². The van der Waals surface area contributed by atoms with Gasteiger partial charge in [0.2, 0.25) is 0 Å². The number of rotatable bonds is 7. The van der Waals surface area contributed by atoms with Crippen LogP contribution in [0.2, 0.25) is 0 Å². The smallest absolute Gasteiger partial charge is 0.128 e. The van der Waals surface area contributed by atoms with Crippen LogP contribution in [-0.2, 0) is 22.6 Å². The monoisotopic (exact) mass is 281 g/mol. The van der Waals surface area contributed by atoms with E-state index < -0.39 is 0 Å². The Morgan fingerprint density at radius 3 is 3.05 bits per heavy atom. The minimum atomic E-state index is -0.206. The average molecular weight is 281 g/mol. The van der Waals surface area contributed by atoms with Gasteiger partial charge >= 0.3 is 0 Å². The largest absolute Gasteiger partial charge is 0.380 e. The predicted octanol–water partition coefficient (Wildman–Crippen LogP) is 3.02. The Morgan fingerprint density at radius 2 is 2.35 bits per heavy atom. The first kappa shape index (κ1) is 15.4. The first-order valence-corrected chi connectivity index (χ1v) is 7.30. The first-order valence-electron chi connectivity index (χ1n) is 7.30. The van der Waals surface area contributed by atoms with Gasteiger partial charge in [0.15, 0.2) is 0 Å². The van der Waals surface area contributed by atoms with Gasteiger partial charge in [0, 0.05) is 31.9 Å². The van der Waals surface area contributed by atoms with Gasteiger partial charge in [-0.25, -0.2) is 4.39 Å². The van der Waals surface area contributed by atoms with Crippen LogP contribution >= 0.6 is 0 Å². The molecule has 0 spiro atoms. The van der Waals surface area contributed by atoms with E-state index in [0.717, 1.165) is 25.1 Å². The lowest BCUT2D eigenvalue weighted by atomic mass is 10.1. The van der Waals surface area contributed by atoms with Crippen molar-refractivity contribution < 1.29 is 13.9 Å². The molecule has 0 amide bonds. The second kappa shape index (κ2) is 7.72. The normalized spacial score (nSPS) is 20.2. The fourth-order valence-corrected chi connectivity index (χ4v) is 2.60. The summed E-state index contributed by atoms with van der Waals surface area (Å²) in [6, 6.07) is 5.59. The highest BCUT2D eigenvalue weighted by Crippen LogP contribution is 2.17. The van der Waals surface area contributed by atoms with E-state index in [1.165, 1.54) is 18.9 Å². The highest BCUT2D eigenvalue weighted by Gasteiger charge is 2.18. The van der Waals surface area contributed by atoms with Gasteiger partial charge in [-0.05, 0) is 43.9 Å². The van der Waals surface area contributed by atoms with E-state index in [9.17, 15) is 4.39 Å². The highest BCUT2D eigenvalue weighted by molar-refractivity contribution is 5.24. The minimum Gasteiger partial charge on any atom is -0.380 e. The Bertz CT molecular complexity index is 419. The van der Waals surface area contributed by atoms with Crippen LogP contribution in [0.25, 0.3) is 0 Å². The van der Waals surface area contributed by atoms with Gasteiger partial charge in [0.05, 0.1) is 12.7 Å². The highest BCUT2D eigenvalue weighted by atomic mass is 19.1. The van der Waals surface area contributed by atoms with Crippen molar-refractivity contribution in [3.63, 3.8) is 0 Å². The molecule has 0 aliphatic carbocycles. The Morgan fingerprint density at radius 1 is 1.50 bits per heavy atom. The maximum atomic E-state index is 13.5. The maximum Gasteiger partial charge on any atom is 0.128 e. The van der Waals surface area contributed by atoms with Crippen molar-refractivity contribution in [2.45, 2.75) is 51.5 Å². The van der Waals surface area contributed by atoms with Crippen LogP contribution in [0.1, 0.15) is 37.3 Å². The van der Waals surface area contributed by atoms with Gasteiger partial charge in [-0.15, -0.1) is 0 Å². The predicted molar refractivity (Wildman–Crippen MR) is 77.0 cm³/mol. The summed E-state index contributed by atoms with van der Waals surface area (Å²) in [6.45, 7) is 4.12. The van der Waals surface area contributed by atoms with E-state index in [1.54, 1.807) is 7.11 Å². The summed E-state index contributed by atoms with van der Waals surface area (Å²) in [5, 5.41) is 3.47. The molecule has 2 atom stereocenters. The second-order valence-corrected chi connectivity index (χ2v) is 5.51. The number of hydrogen-bond acceptors (Lipinski definition) is 3. The number of nitrogens with one attached hydrogen (secondary N) is 1. The zero-order valence-electron chi connectivity index (χ0n) is 12.3. The summed E-state index contributed by atoms with van der Waals surface area (Å²) in [5.74, 6) is -0.206. The van der Waals surface area contributed by atoms with Crippen LogP contribution in [0, 0.1) is 5.82 Å². The molecule has 1 aliphatic rings. The summed E-state index contributed by atoms with van der Waals surface area (Å²) in [7, 11) is 1.58. The molecule has 1 saturated heterocycles. The van der Waals surface area contributed by atoms with E-state index in [4.69, 9.17) is 9.47 Å². The van der Waals surface area contributed by atoms with E-state index in [-0.39, 0.29) is 5.82 Å². The molecule has 1 aliphatic heterocycles. The van der Waals surface area contributed by atoms with Crippen molar-refractivity contribution in [2.24, 2.45) is 0 Å². The molecule has 3 nitrogen and oxygen atoms in total. The van der Waals surface area contributed by atoms with E-state index in [2.05, 4.69) is 12.2 Å². The van der Waals surface area contributed by atoms with Crippen molar-refractivity contribution in [1.29, 1.82) is 0 Å². The molecule has 0 saturated carbocycles. The van der Waals surface area contributed by atoms with Crippen LogP contribution in [0.3, 0.4) is 0 Å². The number of benzene rings is 1. The molecule has 112 valence electrons. The average Bonchev–Trinajstić information content (AvgIpc) is 2.93. The van der Waals surface area contributed by atoms with Gasteiger partial charge in [0.1, 0.15) is 5.82 Å². The molecule has 0 bridgehead atoms. The van der Waals surface area contributed by atoms with Crippen molar-refractivity contribution >= 4 is 0 Å². The molecule has 1 aromatic rings. The lowest BCUT2D eigenvalue weighted by Crippen LogP contribution is -2.29. The molecule has 1 N–H and O–H groups in total. The molecule has 0 aromatic heterocycles. The van der Waals surface area contributed by atoms with Crippen LogP contribution in [0.5, 0.6) is 0 Å². The van der Waals surface area contributed by atoms with Gasteiger partial charge in [0.25, 0.3) is 0 Å². The second-order valence-electron chi connectivity index (χ2n) is 5.51. The summed E-state index contributed by atoms with van der Waals surface area (Å²) in [5.41, 5.74) is 1.69. The number of halogens is 1.